The summed E-state index contributed by atoms with van der Waals surface area (Å²) in [5, 5.41) is 13.2. The maximum absolute atomic E-state index is 11.4. The van der Waals surface area contributed by atoms with E-state index in [-0.39, 0.29) is 24.3 Å². The standard InChI is InChI=1S/C9H14N4O3/c1-6(2)10-9(14)5-12-4-8(13(15)16)11-7(12)3/h4,6H,5H2,1-3H3,(H,10,14). The lowest BCUT2D eigenvalue weighted by atomic mass is 10.4. The molecular formula is C9H14N4O3. The Labute approximate surface area is 92.6 Å². The molecule has 1 aromatic rings. The van der Waals surface area contributed by atoms with Crippen LogP contribution in [0, 0.1) is 17.0 Å². The summed E-state index contributed by atoms with van der Waals surface area (Å²) in [6.07, 6.45) is 1.26. The van der Waals surface area contributed by atoms with Gasteiger partial charge in [-0.25, -0.2) is 0 Å². The minimum Gasteiger partial charge on any atom is -0.358 e. The minimum absolute atomic E-state index is 0.0465. The number of aromatic nitrogens is 2. The van der Waals surface area contributed by atoms with Crippen LogP contribution in [-0.2, 0) is 11.3 Å². The van der Waals surface area contributed by atoms with Crippen molar-refractivity contribution in [3.8, 4) is 0 Å². The van der Waals surface area contributed by atoms with Crippen molar-refractivity contribution in [2.24, 2.45) is 0 Å². The second kappa shape index (κ2) is 4.73. The molecule has 1 N–H and O–H groups in total. The zero-order valence-corrected chi connectivity index (χ0v) is 9.43. The summed E-state index contributed by atoms with van der Waals surface area (Å²) in [6, 6.07) is 0.0475. The van der Waals surface area contributed by atoms with Crippen LogP contribution in [0.1, 0.15) is 19.7 Å². The molecule has 88 valence electrons. The first-order valence-corrected chi connectivity index (χ1v) is 4.87. The number of carbonyl (C=O) groups is 1. The second-order valence-corrected chi connectivity index (χ2v) is 3.75. The topological polar surface area (TPSA) is 90.1 Å². The molecule has 7 nitrogen and oxygen atoms in total. The van der Waals surface area contributed by atoms with Crippen LogP contribution in [-0.4, -0.2) is 26.4 Å². The Bertz CT molecular complexity index is 411. The van der Waals surface area contributed by atoms with E-state index in [1.54, 1.807) is 6.92 Å². The number of rotatable bonds is 4. The monoisotopic (exact) mass is 226 g/mol. The summed E-state index contributed by atoms with van der Waals surface area (Å²) in [6.45, 7) is 5.36. The maximum Gasteiger partial charge on any atom is 0.381 e. The Balaban J connectivity index is 2.74. The second-order valence-electron chi connectivity index (χ2n) is 3.75. The maximum atomic E-state index is 11.4. The van der Waals surface area contributed by atoms with Crippen LogP contribution in [0.4, 0.5) is 5.82 Å². The zero-order chi connectivity index (χ0) is 12.3. The van der Waals surface area contributed by atoms with Gasteiger partial charge in [0.1, 0.15) is 12.7 Å². The van der Waals surface area contributed by atoms with Crippen molar-refractivity contribution in [3.05, 3.63) is 22.1 Å². The molecule has 7 heteroatoms. The molecule has 0 aliphatic carbocycles. The molecule has 0 bridgehead atoms. The summed E-state index contributed by atoms with van der Waals surface area (Å²) < 4.78 is 1.45. The molecule has 0 saturated carbocycles. The zero-order valence-electron chi connectivity index (χ0n) is 9.43. The molecule has 0 unspecified atom stereocenters. The Hall–Kier alpha value is -1.92. The lowest BCUT2D eigenvalue weighted by molar-refractivity contribution is -0.389. The Kier molecular flexibility index (Phi) is 3.60. The van der Waals surface area contributed by atoms with Gasteiger partial charge in [0.2, 0.25) is 11.7 Å². The van der Waals surface area contributed by atoms with Crippen molar-refractivity contribution in [1.82, 2.24) is 14.9 Å². The van der Waals surface area contributed by atoms with Gasteiger partial charge in [-0.3, -0.25) is 9.36 Å². The van der Waals surface area contributed by atoms with E-state index in [0.29, 0.717) is 5.82 Å². The van der Waals surface area contributed by atoms with Gasteiger partial charge >= 0.3 is 5.82 Å². The highest BCUT2D eigenvalue weighted by Gasteiger charge is 2.16. The van der Waals surface area contributed by atoms with Crippen LogP contribution in [0.15, 0.2) is 6.20 Å². The molecule has 0 fully saturated rings. The highest BCUT2D eigenvalue weighted by Crippen LogP contribution is 2.09. The molecule has 16 heavy (non-hydrogen) atoms. The van der Waals surface area contributed by atoms with Gasteiger partial charge in [-0.05, 0) is 23.8 Å². The first-order valence-electron chi connectivity index (χ1n) is 4.87. The van der Waals surface area contributed by atoms with Crippen LogP contribution >= 0.6 is 0 Å². The molecule has 1 rings (SSSR count). The Morgan fingerprint density at radius 1 is 1.69 bits per heavy atom. The van der Waals surface area contributed by atoms with E-state index in [1.165, 1.54) is 10.8 Å². The molecule has 0 aliphatic rings. The quantitative estimate of drug-likeness (QED) is 0.602. The van der Waals surface area contributed by atoms with E-state index in [9.17, 15) is 14.9 Å². The van der Waals surface area contributed by atoms with Crippen molar-refractivity contribution in [1.29, 1.82) is 0 Å². The van der Waals surface area contributed by atoms with Crippen LogP contribution in [0.3, 0.4) is 0 Å². The van der Waals surface area contributed by atoms with Crippen LogP contribution in [0.5, 0.6) is 0 Å². The number of nitrogens with zero attached hydrogens (tertiary/aromatic N) is 3. The fraction of sp³-hybridized carbons (Fsp3) is 0.556. The average molecular weight is 226 g/mol. The van der Waals surface area contributed by atoms with Gasteiger partial charge in [0.25, 0.3) is 0 Å². The fourth-order valence-electron chi connectivity index (χ4n) is 1.26. The van der Waals surface area contributed by atoms with Gasteiger partial charge in [-0.15, -0.1) is 0 Å². The minimum atomic E-state index is -0.580. The van der Waals surface area contributed by atoms with E-state index in [1.807, 2.05) is 13.8 Å². The highest BCUT2D eigenvalue weighted by atomic mass is 16.6. The van der Waals surface area contributed by atoms with Gasteiger partial charge in [0.05, 0.1) is 0 Å². The highest BCUT2D eigenvalue weighted by molar-refractivity contribution is 5.76. The first kappa shape index (κ1) is 12.2. The molecule has 0 aromatic carbocycles. The Morgan fingerprint density at radius 3 is 2.75 bits per heavy atom. The van der Waals surface area contributed by atoms with E-state index in [4.69, 9.17) is 0 Å². The predicted octanol–water partition coefficient (Wildman–Crippen LogP) is 0.624. The smallest absolute Gasteiger partial charge is 0.358 e. The van der Waals surface area contributed by atoms with Gasteiger partial charge < -0.3 is 15.4 Å². The first-order chi connectivity index (χ1) is 7.40. The molecule has 0 saturated heterocycles. The number of nitro groups is 1. The largest absolute Gasteiger partial charge is 0.381 e. The van der Waals surface area contributed by atoms with Gasteiger partial charge in [-0.2, -0.15) is 0 Å². The third kappa shape index (κ3) is 3.04. The normalized spacial score (nSPS) is 10.5. The number of hydrogen-bond donors (Lipinski definition) is 1. The number of imidazole rings is 1. The molecule has 0 aliphatic heterocycles. The third-order valence-corrected chi connectivity index (χ3v) is 1.91. The lowest BCUT2D eigenvalue weighted by Crippen LogP contribution is -2.33. The van der Waals surface area contributed by atoms with Crippen molar-refractivity contribution < 1.29 is 9.72 Å². The van der Waals surface area contributed by atoms with E-state index >= 15 is 0 Å². The lowest BCUT2D eigenvalue weighted by Gasteiger charge is -2.08. The summed E-state index contributed by atoms with van der Waals surface area (Å²) in [5.74, 6) is 0.0193. The van der Waals surface area contributed by atoms with Gasteiger partial charge in [0.15, 0.2) is 0 Å². The molecule has 0 radical (unpaired) electrons. The summed E-state index contributed by atoms with van der Waals surface area (Å²) >= 11 is 0. The van der Waals surface area contributed by atoms with Crippen LogP contribution in [0.2, 0.25) is 0 Å². The third-order valence-electron chi connectivity index (χ3n) is 1.91. The Morgan fingerprint density at radius 2 is 2.31 bits per heavy atom. The van der Waals surface area contributed by atoms with Crippen LogP contribution < -0.4 is 5.32 Å². The van der Waals surface area contributed by atoms with Crippen molar-refractivity contribution in [2.45, 2.75) is 33.4 Å². The van der Waals surface area contributed by atoms with Crippen LogP contribution in [0.25, 0.3) is 0 Å². The summed E-state index contributed by atoms with van der Waals surface area (Å²) in [4.78, 5) is 25.0. The van der Waals surface area contributed by atoms with E-state index in [2.05, 4.69) is 10.3 Å². The van der Waals surface area contributed by atoms with Gasteiger partial charge in [-0.1, -0.05) is 0 Å². The van der Waals surface area contributed by atoms with Crippen molar-refractivity contribution >= 4 is 11.7 Å². The number of aryl methyl sites for hydroxylation is 1. The number of carbonyl (C=O) groups excluding carboxylic acids is 1. The predicted molar refractivity (Wildman–Crippen MR) is 56.9 cm³/mol. The molecule has 1 aromatic heterocycles. The average Bonchev–Trinajstić information content (AvgIpc) is 2.46. The number of hydrogen-bond acceptors (Lipinski definition) is 4. The molecule has 1 amide bonds. The number of nitrogens with one attached hydrogen (secondary N) is 1. The van der Waals surface area contributed by atoms with Crippen molar-refractivity contribution in [2.75, 3.05) is 0 Å². The van der Waals surface area contributed by atoms with Gasteiger partial charge in [0, 0.05) is 13.0 Å². The van der Waals surface area contributed by atoms with Crippen molar-refractivity contribution in [3.63, 3.8) is 0 Å². The molecule has 1 heterocycles. The van der Waals surface area contributed by atoms with E-state index in [0.717, 1.165) is 0 Å². The molecule has 0 atom stereocenters. The fourth-order valence-corrected chi connectivity index (χ4v) is 1.26. The summed E-state index contributed by atoms with van der Waals surface area (Å²) in [5.41, 5.74) is 0. The SMILES string of the molecule is Cc1nc([N+](=O)[O-])cn1CC(=O)NC(C)C. The number of amides is 1. The summed E-state index contributed by atoms with van der Waals surface area (Å²) in [7, 11) is 0. The molecule has 0 spiro atoms. The molecular weight excluding hydrogens is 212 g/mol. The van der Waals surface area contributed by atoms with E-state index < -0.39 is 4.92 Å².